The highest BCUT2D eigenvalue weighted by molar-refractivity contribution is 6.31. The lowest BCUT2D eigenvalue weighted by molar-refractivity contribution is 0.0857. The number of rotatable bonds is 5. The number of likely N-dealkylation sites (N-methyl/N-ethyl adjacent to an activating group) is 1. The van der Waals surface area contributed by atoms with Gasteiger partial charge in [0.2, 0.25) is 0 Å². The summed E-state index contributed by atoms with van der Waals surface area (Å²) in [5.41, 5.74) is 0.923. The van der Waals surface area contributed by atoms with Crippen LogP contribution in [0.2, 0.25) is 5.02 Å². The van der Waals surface area contributed by atoms with Crippen LogP contribution < -0.4 is 5.32 Å². The predicted molar refractivity (Wildman–Crippen MR) is 64.4 cm³/mol. The molecule has 1 aromatic carbocycles. The van der Waals surface area contributed by atoms with Gasteiger partial charge in [0.1, 0.15) is 5.82 Å². The summed E-state index contributed by atoms with van der Waals surface area (Å²) >= 11 is 5.97. The molecule has 0 fully saturated rings. The largest absolute Gasteiger partial charge is 0.380 e. The molecule has 16 heavy (non-hydrogen) atoms. The second-order valence-corrected chi connectivity index (χ2v) is 4.18. The summed E-state index contributed by atoms with van der Waals surface area (Å²) in [6, 6.07) is 4.63. The molecule has 0 spiro atoms. The summed E-state index contributed by atoms with van der Waals surface area (Å²) in [4.78, 5) is 0. The van der Waals surface area contributed by atoms with Gasteiger partial charge in [-0.3, -0.25) is 0 Å². The number of hydrogen-bond acceptors (Lipinski definition) is 2. The fourth-order valence-electron chi connectivity index (χ4n) is 1.59. The van der Waals surface area contributed by atoms with Crippen molar-refractivity contribution in [3.63, 3.8) is 0 Å². The van der Waals surface area contributed by atoms with Gasteiger partial charge in [-0.1, -0.05) is 17.7 Å². The van der Waals surface area contributed by atoms with E-state index in [1.54, 1.807) is 13.2 Å². The Balaban J connectivity index is 2.78. The van der Waals surface area contributed by atoms with Crippen LogP contribution in [-0.4, -0.2) is 26.3 Å². The quantitative estimate of drug-likeness (QED) is 0.861. The van der Waals surface area contributed by atoms with Crippen molar-refractivity contribution in [3.05, 3.63) is 34.6 Å². The maximum absolute atomic E-state index is 12.9. The van der Waals surface area contributed by atoms with Crippen molar-refractivity contribution in [1.82, 2.24) is 5.32 Å². The minimum atomic E-state index is -0.311. The van der Waals surface area contributed by atoms with Crippen molar-refractivity contribution in [2.24, 2.45) is 0 Å². The van der Waals surface area contributed by atoms with Crippen molar-refractivity contribution < 1.29 is 9.13 Å². The highest BCUT2D eigenvalue weighted by Crippen LogP contribution is 2.19. The topological polar surface area (TPSA) is 21.3 Å². The normalized spacial score (nSPS) is 14.8. The average molecular weight is 246 g/mol. The van der Waals surface area contributed by atoms with Gasteiger partial charge in [-0.15, -0.1) is 0 Å². The second kappa shape index (κ2) is 6.18. The number of nitrogens with one attached hydrogen (secondary N) is 1. The van der Waals surface area contributed by atoms with E-state index in [9.17, 15) is 4.39 Å². The van der Waals surface area contributed by atoms with Crippen LogP contribution in [0.3, 0.4) is 0 Å². The molecule has 1 N–H and O–H groups in total. The Kier molecular flexibility index (Phi) is 5.19. The molecule has 2 atom stereocenters. The van der Waals surface area contributed by atoms with Crippen LogP contribution in [0.5, 0.6) is 0 Å². The van der Waals surface area contributed by atoms with E-state index in [0.717, 1.165) is 5.56 Å². The molecule has 0 radical (unpaired) electrons. The number of methoxy groups -OCH3 is 1. The first-order valence-electron chi connectivity index (χ1n) is 5.22. The van der Waals surface area contributed by atoms with Gasteiger partial charge in [0.25, 0.3) is 0 Å². The van der Waals surface area contributed by atoms with Gasteiger partial charge in [0.15, 0.2) is 0 Å². The predicted octanol–water partition coefficient (Wildman–Crippen LogP) is 2.64. The first-order valence-corrected chi connectivity index (χ1v) is 5.60. The monoisotopic (exact) mass is 245 g/mol. The molecule has 0 aromatic heterocycles. The fourth-order valence-corrected chi connectivity index (χ4v) is 1.84. The van der Waals surface area contributed by atoms with Crippen LogP contribution in [0.4, 0.5) is 4.39 Å². The minimum Gasteiger partial charge on any atom is -0.380 e. The molecule has 0 heterocycles. The van der Waals surface area contributed by atoms with E-state index < -0.39 is 0 Å². The van der Waals surface area contributed by atoms with Crippen LogP contribution in [0, 0.1) is 5.82 Å². The highest BCUT2D eigenvalue weighted by Gasteiger charge is 2.16. The summed E-state index contributed by atoms with van der Waals surface area (Å²) in [5, 5.41) is 3.63. The van der Waals surface area contributed by atoms with E-state index >= 15 is 0 Å². The number of hydrogen-bond donors (Lipinski definition) is 1. The number of benzene rings is 1. The Morgan fingerprint density at radius 3 is 2.69 bits per heavy atom. The van der Waals surface area contributed by atoms with Crippen molar-refractivity contribution in [2.45, 2.75) is 25.5 Å². The molecule has 0 aliphatic carbocycles. The van der Waals surface area contributed by atoms with Crippen LogP contribution in [0.25, 0.3) is 0 Å². The molecule has 2 nitrogen and oxygen atoms in total. The summed E-state index contributed by atoms with van der Waals surface area (Å²) in [5.74, 6) is -0.311. The molecule has 90 valence electrons. The molecule has 0 bridgehead atoms. The third kappa shape index (κ3) is 3.44. The lowest BCUT2D eigenvalue weighted by Gasteiger charge is -2.22. The molecule has 0 saturated carbocycles. The summed E-state index contributed by atoms with van der Waals surface area (Å²) in [6.45, 7) is 1.98. The third-order valence-electron chi connectivity index (χ3n) is 2.76. The molecule has 0 saturated heterocycles. The van der Waals surface area contributed by atoms with Gasteiger partial charge in [0, 0.05) is 18.2 Å². The molecule has 0 amide bonds. The first-order chi connectivity index (χ1) is 7.58. The average Bonchev–Trinajstić information content (AvgIpc) is 2.27. The van der Waals surface area contributed by atoms with Crippen molar-refractivity contribution >= 4 is 11.6 Å². The summed E-state index contributed by atoms with van der Waals surface area (Å²) < 4.78 is 18.1. The maximum atomic E-state index is 12.9. The summed E-state index contributed by atoms with van der Waals surface area (Å²) in [7, 11) is 3.54. The SMILES string of the molecule is CNC(Cc1ccc(F)cc1Cl)C(C)OC. The van der Waals surface area contributed by atoms with E-state index in [4.69, 9.17) is 16.3 Å². The Labute approximate surface area is 101 Å². The van der Waals surface area contributed by atoms with Gasteiger partial charge in [-0.25, -0.2) is 4.39 Å². The zero-order valence-corrected chi connectivity index (χ0v) is 10.5. The third-order valence-corrected chi connectivity index (χ3v) is 3.12. The van der Waals surface area contributed by atoms with Crippen molar-refractivity contribution in [2.75, 3.05) is 14.2 Å². The van der Waals surface area contributed by atoms with E-state index in [2.05, 4.69) is 5.32 Å². The van der Waals surface area contributed by atoms with E-state index in [0.29, 0.717) is 11.4 Å². The molecular formula is C12H17ClFNO. The Morgan fingerprint density at radius 2 is 2.19 bits per heavy atom. The molecule has 0 aliphatic rings. The van der Waals surface area contributed by atoms with Crippen molar-refractivity contribution in [1.29, 1.82) is 0 Å². The van der Waals surface area contributed by atoms with Crippen molar-refractivity contribution in [3.8, 4) is 0 Å². The van der Waals surface area contributed by atoms with Crippen LogP contribution in [0.15, 0.2) is 18.2 Å². The molecule has 1 rings (SSSR count). The lowest BCUT2D eigenvalue weighted by atomic mass is 10.0. The van der Waals surface area contributed by atoms with Crippen LogP contribution >= 0.6 is 11.6 Å². The van der Waals surface area contributed by atoms with E-state index in [1.165, 1.54) is 12.1 Å². The molecule has 1 aromatic rings. The van der Waals surface area contributed by atoms with Gasteiger partial charge in [-0.2, -0.15) is 0 Å². The Bertz CT molecular complexity index is 346. The minimum absolute atomic E-state index is 0.0751. The van der Waals surface area contributed by atoms with Gasteiger partial charge >= 0.3 is 0 Å². The second-order valence-electron chi connectivity index (χ2n) is 3.78. The summed E-state index contributed by atoms with van der Waals surface area (Å²) in [6.07, 6.45) is 0.788. The Morgan fingerprint density at radius 1 is 1.50 bits per heavy atom. The maximum Gasteiger partial charge on any atom is 0.124 e. The molecule has 0 aliphatic heterocycles. The van der Waals surface area contributed by atoms with E-state index in [-0.39, 0.29) is 18.0 Å². The molecule has 2 unspecified atom stereocenters. The smallest absolute Gasteiger partial charge is 0.124 e. The number of ether oxygens (including phenoxy) is 1. The molecule has 4 heteroatoms. The van der Waals surface area contributed by atoms with E-state index in [1.807, 2.05) is 14.0 Å². The Hall–Kier alpha value is -0.640. The van der Waals surface area contributed by atoms with Gasteiger partial charge < -0.3 is 10.1 Å². The molecular weight excluding hydrogens is 229 g/mol. The zero-order chi connectivity index (χ0) is 12.1. The van der Waals surface area contributed by atoms with Gasteiger partial charge in [-0.05, 0) is 38.1 Å². The zero-order valence-electron chi connectivity index (χ0n) is 9.76. The fraction of sp³-hybridized carbons (Fsp3) is 0.500. The van der Waals surface area contributed by atoms with Gasteiger partial charge in [0.05, 0.1) is 6.10 Å². The highest BCUT2D eigenvalue weighted by atomic mass is 35.5. The first kappa shape index (κ1) is 13.4. The van der Waals surface area contributed by atoms with Crippen LogP contribution in [0.1, 0.15) is 12.5 Å². The van der Waals surface area contributed by atoms with Crippen LogP contribution in [-0.2, 0) is 11.2 Å². The standard InChI is InChI=1S/C12H17ClFNO/c1-8(16-3)12(15-2)6-9-4-5-10(14)7-11(9)13/h4-5,7-8,12,15H,6H2,1-3H3. The number of halogens is 2. The lowest BCUT2D eigenvalue weighted by Crippen LogP contribution is -2.38.